The van der Waals surface area contributed by atoms with Crippen LogP contribution < -0.4 is 5.73 Å². The van der Waals surface area contributed by atoms with Gasteiger partial charge in [0.2, 0.25) is 0 Å². The average Bonchev–Trinajstić information content (AvgIpc) is 1.83. The van der Waals surface area contributed by atoms with Crippen molar-refractivity contribution in [2.75, 3.05) is 5.73 Å². The Labute approximate surface area is 73.9 Å². The van der Waals surface area contributed by atoms with E-state index in [-0.39, 0.29) is 4.60 Å². The Morgan fingerprint density at radius 2 is 1.92 bits per heavy atom. The lowest BCUT2D eigenvalue weighted by Crippen LogP contribution is -2.12. The molecule has 0 bridgehead atoms. The van der Waals surface area contributed by atoms with Gasteiger partial charge in [0.05, 0.1) is 5.69 Å². The van der Waals surface area contributed by atoms with Crippen molar-refractivity contribution in [1.82, 2.24) is 10.2 Å². The Morgan fingerprint density at radius 3 is 2.33 bits per heavy atom. The van der Waals surface area contributed by atoms with Crippen molar-refractivity contribution < 1.29 is 13.2 Å². The molecule has 7 heteroatoms. The molecule has 0 aliphatic rings. The summed E-state index contributed by atoms with van der Waals surface area (Å²) in [5, 5.41) is 6.08. The summed E-state index contributed by atoms with van der Waals surface area (Å²) in [5.74, 6) is 0. The summed E-state index contributed by atoms with van der Waals surface area (Å²) >= 11 is 2.84. The third-order valence-corrected chi connectivity index (χ3v) is 1.45. The van der Waals surface area contributed by atoms with Gasteiger partial charge in [-0.05, 0) is 22.0 Å². The van der Waals surface area contributed by atoms with E-state index < -0.39 is 17.6 Å². The molecule has 0 aliphatic carbocycles. The molecule has 3 nitrogen and oxygen atoms in total. The van der Waals surface area contributed by atoms with Crippen molar-refractivity contribution in [1.29, 1.82) is 0 Å². The molecule has 0 spiro atoms. The lowest BCUT2D eigenvalue weighted by atomic mass is 10.3. The molecule has 0 aliphatic heterocycles. The maximum absolute atomic E-state index is 12.0. The minimum Gasteiger partial charge on any atom is -0.397 e. The van der Waals surface area contributed by atoms with Crippen LogP contribution in [0.15, 0.2) is 10.7 Å². The van der Waals surface area contributed by atoms with Gasteiger partial charge >= 0.3 is 6.18 Å². The molecular weight excluding hydrogens is 239 g/mol. The van der Waals surface area contributed by atoms with Crippen molar-refractivity contribution in [2.45, 2.75) is 6.18 Å². The maximum Gasteiger partial charge on any atom is 0.437 e. The molecule has 1 aromatic heterocycles. The Morgan fingerprint density at radius 1 is 1.33 bits per heavy atom. The largest absolute Gasteiger partial charge is 0.437 e. The molecule has 0 fully saturated rings. The zero-order chi connectivity index (χ0) is 9.35. The third-order valence-electron chi connectivity index (χ3n) is 1.06. The number of aromatic nitrogens is 2. The number of hydrogen-bond donors (Lipinski definition) is 1. The van der Waals surface area contributed by atoms with Gasteiger partial charge in [-0.25, -0.2) is 0 Å². The molecular formula is C5H3BrF3N3. The lowest BCUT2D eigenvalue weighted by molar-refractivity contribution is -0.141. The third kappa shape index (κ3) is 1.84. The topological polar surface area (TPSA) is 51.8 Å². The first-order valence-electron chi connectivity index (χ1n) is 2.77. The van der Waals surface area contributed by atoms with E-state index in [4.69, 9.17) is 5.73 Å². The highest BCUT2D eigenvalue weighted by Crippen LogP contribution is 2.31. The summed E-state index contributed by atoms with van der Waals surface area (Å²) in [6.45, 7) is 0. The summed E-state index contributed by atoms with van der Waals surface area (Å²) in [7, 11) is 0. The minimum absolute atomic E-state index is 0.174. The standard InChI is InChI=1S/C5H3BrF3N3/c6-3-1-2(10)4(12-11-3)5(7,8)9/h1H,(H2,10,11). The van der Waals surface area contributed by atoms with Crippen LogP contribution in [-0.2, 0) is 6.18 Å². The number of halogens is 4. The number of nitrogens with two attached hydrogens (primary N) is 1. The first-order chi connectivity index (χ1) is 5.41. The van der Waals surface area contributed by atoms with Gasteiger partial charge in [-0.1, -0.05) is 0 Å². The van der Waals surface area contributed by atoms with Crippen molar-refractivity contribution in [2.24, 2.45) is 0 Å². The number of alkyl halides is 3. The second-order valence-electron chi connectivity index (χ2n) is 1.97. The van der Waals surface area contributed by atoms with Crippen molar-refractivity contribution in [3.8, 4) is 0 Å². The van der Waals surface area contributed by atoms with Crippen LogP contribution in [0.5, 0.6) is 0 Å². The van der Waals surface area contributed by atoms with Gasteiger partial charge in [0.25, 0.3) is 0 Å². The van der Waals surface area contributed by atoms with E-state index in [9.17, 15) is 13.2 Å². The second-order valence-corrected chi connectivity index (χ2v) is 2.78. The van der Waals surface area contributed by atoms with Crippen molar-refractivity contribution in [3.05, 3.63) is 16.4 Å². The molecule has 0 atom stereocenters. The Hall–Kier alpha value is -0.850. The van der Waals surface area contributed by atoms with Gasteiger partial charge in [-0.2, -0.15) is 13.2 Å². The zero-order valence-electron chi connectivity index (χ0n) is 5.56. The summed E-state index contributed by atoms with van der Waals surface area (Å²) < 4.78 is 36.1. The minimum atomic E-state index is -4.54. The van der Waals surface area contributed by atoms with Gasteiger partial charge in [0, 0.05) is 0 Å². The number of hydrogen-bond acceptors (Lipinski definition) is 3. The predicted octanol–water partition coefficient (Wildman–Crippen LogP) is 1.84. The molecule has 0 amide bonds. The second kappa shape index (κ2) is 2.89. The Kier molecular flexibility index (Phi) is 2.22. The Bertz CT molecular complexity index is 298. The molecule has 1 heterocycles. The molecule has 0 unspecified atom stereocenters. The van der Waals surface area contributed by atoms with Crippen LogP contribution in [0.3, 0.4) is 0 Å². The zero-order valence-corrected chi connectivity index (χ0v) is 7.15. The average molecular weight is 242 g/mol. The highest BCUT2D eigenvalue weighted by molar-refractivity contribution is 9.10. The first-order valence-corrected chi connectivity index (χ1v) is 3.56. The van der Waals surface area contributed by atoms with Crippen LogP contribution in [-0.4, -0.2) is 10.2 Å². The van der Waals surface area contributed by atoms with Crippen LogP contribution in [0.4, 0.5) is 18.9 Å². The number of nitrogens with zero attached hydrogens (tertiary/aromatic N) is 2. The molecule has 0 aromatic carbocycles. The van der Waals surface area contributed by atoms with Gasteiger partial charge < -0.3 is 5.73 Å². The van der Waals surface area contributed by atoms with Crippen LogP contribution in [0.25, 0.3) is 0 Å². The smallest absolute Gasteiger partial charge is 0.397 e. The lowest BCUT2D eigenvalue weighted by Gasteiger charge is -2.06. The summed E-state index contributed by atoms with van der Waals surface area (Å²) in [6, 6.07) is 1.05. The van der Waals surface area contributed by atoms with Crippen LogP contribution >= 0.6 is 15.9 Å². The monoisotopic (exact) mass is 241 g/mol. The van der Waals surface area contributed by atoms with E-state index in [1.54, 1.807) is 0 Å². The summed E-state index contributed by atoms with van der Waals surface area (Å²) in [5.41, 5.74) is 3.45. The van der Waals surface area contributed by atoms with Crippen molar-refractivity contribution in [3.63, 3.8) is 0 Å². The van der Waals surface area contributed by atoms with Crippen LogP contribution in [0, 0.1) is 0 Å². The Balaban J connectivity index is 3.19. The molecule has 0 radical (unpaired) electrons. The highest BCUT2D eigenvalue weighted by atomic mass is 79.9. The fourth-order valence-corrected chi connectivity index (χ4v) is 0.927. The quantitative estimate of drug-likeness (QED) is 0.755. The van der Waals surface area contributed by atoms with Gasteiger partial charge in [-0.3, -0.25) is 0 Å². The first kappa shape index (κ1) is 9.24. The van der Waals surface area contributed by atoms with Gasteiger partial charge in [0.15, 0.2) is 5.69 Å². The van der Waals surface area contributed by atoms with E-state index in [0.717, 1.165) is 6.07 Å². The molecule has 12 heavy (non-hydrogen) atoms. The van der Waals surface area contributed by atoms with E-state index in [1.165, 1.54) is 0 Å². The van der Waals surface area contributed by atoms with E-state index >= 15 is 0 Å². The fourth-order valence-electron chi connectivity index (χ4n) is 0.601. The van der Waals surface area contributed by atoms with Gasteiger partial charge in [0.1, 0.15) is 4.60 Å². The molecule has 1 rings (SSSR count). The normalized spacial score (nSPS) is 11.7. The highest BCUT2D eigenvalue weighted by Gasteiger charge is 2.35. The fraction of sp³-hybridized carbons (Fsp3) is 0.200. The van der Waals surface area contributed by atoms with E-state index in [2.05, 4.69) is 26.1 Å². The van der Waals surface area contributed by atoms with Gasteiger partial charge in [-0.15, -0.1) is 10.2 Å². The number of nitrogen functional groups attached to an aromatic ring is 1. The molecule has 0 saturated carbocycles. The van der Waals surface area contributed by atoms with Crippen molar-refractivity contribution >= 4 is 21.6 Å². The van der Waals surface area contributed by atoms with E-state index in [1.807, 2.05) is 0 Å². The van der Waals surface area contributed by atoms with Crippen LogP contribution in [0.1, 0.15) is 5.69 Å². The molecule has 66 valence electrons. The van der Waals surface area contributed by atoms with E-state index in [0.29, 0.717) is 0 Å². The molecule has 1 aromatic rings. The van der Waals surface area contributed by atoms with Crippen LogP contribution in [0.2, 0.25) is 0 Å². The number of anilines is 1. The SMILES string of the molecule is Nc1cc(Br)nnc1C(F)(F)F. The molecule has 2 N–H and O–H groups in total. The summed E-state index contributed by atoms with van der Waals surface area (Å²) in [6.07, 6.45) is -4.54. The maximum atomic E-state index is 12.0. The predicted molar refractivity (Wildman–Crippen MR) is 39.1 cm³/mol. The summed E-state index contributed by atoms with van der Waals surface area (Å²) in [4.78, 5) is 0. The number of rotatable bonds is 0. The molecule has 0 saturated heterocycles.